The zero-order valence-corrected chi connectivity index (χ0v) is 10.1. The Bertz CT molecular complexity index is 649. The molecule has 0 unspecified atom stereocenters. The van der Waals surface area contributed by atoms with Crippen LogP contribution in [0.5, 0.6) is 0 Å². The molecule has 0 aliphatic heterocycles. The molecule has 2 rings (SSSR count). The number of carboxylic acid groups (broad SMARTS) is 1. The maximum Gasteiger partial charge on any atom is 0.340 e. The number of carbonyl (C=O) groups excluding carboxylic acids is 1. The van der Waals surface area contributed by atoms with Gasteiger partial charge in [0, 0.05) is 13.2 Å². The molecule has 5 nitrogen and oxygen atoms in total. The van der Waals surface area contributed by atoms with Crippen LogP contribution in [0.25, 0.3) is 0 Å². The number of nitrogens with one attached hydrogen (secondary N) is 1. The Kier molecular flexibility index (Phi) is 3.33. The Morgan fingerprint density at radius 3 is 2.58 bits per heavy atom. The summed E-state index contributed by atoms with van der Waals surface area (Å²) in [5.41, 5.74) is -0.274. The first kappa shape index (κ1) is 12.8. The van der Waals surface area contributed by atoms with Crippen molar-refractivity contribution >= 4 is 17.6 Å². The fourth-order valence-corrected chi connectivity index (χ4v) is 1.73. The number of nitrogens with zero attached hydrogens (tertiary/aromatic N) is 1. The molecular weight excluding hydrogens is 251 g/mol. The number of hydrogen-bond donors (Lipinski definition) is 2. The topological polar surface area (TPSA) is 71.3 Å². The first-order valence-electron chi connectivity index (χ1n) is 5.45. The molecule has 2 N–H and O–H groups in total. The van der Waals surface area contributed by atoms with E-state index in [9.17, 15) is 14.0 Å². The molecule has 1 heterocycles. The van der Waals surface area contributed by atoms with Crippen LogP contribution in [-0.4, -0.2) is 21.6 Å². The number of halogens is 1. The van der Waals surface area contributed by atoms with Crippen molar-refractivity contribution in [1.82, 2.24) is 4.57 Å². The minimum atomic E-state index is -1.43. The van der Waals surface area contributed by atoms with Gasteiger partial charge in [-0.15, -0.1) is 0 Å². The number of aromatic carboxylic acids is 1. The molecule has 2 aromatic rings. The van der Waals surface area contributed by atoms with E-state index in [1.807, 2.05) is 0 Å². The van der Waals surface area contributed by atoms with E-state index in [4.69, 9.17) is 5.11 Å². The van der Waals surface area contributed by atoms with Crippen LogP contribution in [0.3, 0.4) is 0 Å². The maximum absolute atomic E-state index is 13.4. The number of rotatable bonds is 3. The number of hydrogen-bond acceptors (Lipinski definition) is 2. The number of aryl methyl sites for hydroxylation is 1. The third-order valence-corrected chi connectivity index (χ3v) is 2.65. The molecule has 0 saturated carbocycles. The molecule has 19 heavy (non-hydrogen) atoms. The van der Waals surface area contributed by atoms with Crippen LogP contribution in [0.4, 0.5) is 10.1 Å². The minimum Gasteiger partial charge on any atom is -0.478 e. The van der Waals surface area contributed by atoms with Crippen LogP contribution in [0.15, 0.2) is 36.5 Å². The molecule has 1 aromatic heterocycles. The lowest BCUT2D eigenvalue weighted by Gasteiger charge is -2.09. The molecule has 0 saturated heterocycles. The number of aromatic nitrogens is 1. The predicted molar refractivity (Wildman–Crippen MR) is 66.7 cm³/mol. The number of carbonyl (C=O) groups is 2. The van der Waals surface area contributed by atoms with Crippen LogP contribution in [0.2, 0.25) is 0 Å². The summed E-state index contributed by atoms with van der Waals surface area (Å²) in [6, 6.07) is 6.96. The summed E-state index contributed by atoms with van der Waals surface area (Å²) in [6.07, 6.45) is 1.68. The number of carboxylic acids is 1. The Morgan fingerprint density at radius 1 is 1.26 bits per heavy atom. The van der Waals surface area contributed by atoms with E-state index in [-0.39, 0.29) is 5.69 Å². The van der Waals surface area contributed by atoms with Crippen molar-refractivity contribution in [2.75, 3.05) is 5.32 Å². The first-order valence-corrected chi connectivity index (χ1v) is 5.45. The Morgan fingerprint density at radius 2 is 2.00 bits per heavy atom. The van der Waals surface area contributed by atoms with Gasteiger partial charge in [-0.2, -0.15) is 0 Å². The van der Waals surface area contributed by atoms with E-state index in [2.05, 4.69) is 5.32 Å². The van der Waals surface area contributed by atoms with Gasteiger partial charge in [0.15, 0.2) is 0 Å². The number of amides is 1. The third kappa shape index (κ3) is 2.47. The van der Waals surface area contributed by atoms with Crippen molar-refractivity contribution in [2.45, 2.75) is 0 Å². The largest absolute Gasteiger partial charge is 0.478 e. The van der Waals surface area contributed by atoms with Gasteiger partial charge in [0.1, 0.15) is 17.1 Å². The molecule has 6 heteroatoms. The number of anilines is 1. The monoisotopic (exact) mass is 262 g/mol. The number of benzene rings is 1. The van der Waals surface area contributed by atoms with Crippen molar-refractivity contribution in [3.63, 3.8) is 0 Å². The Hall–Kier alpha value is -2.63. The summed E-state index contributed by atoms with van der Waals surface area (Å²) in [6.45, 7) is 0. The standard InChI is InChI=1S/C13H11FN2O3/c1-16-7-3-6-10(16)12(17)15-9-5-2-4-8(14)11(9)13(18)19/h2-7H,1H3,(H,15,17)(H,18,19). The highest BCUT2D eigenvalue weighted by Crippen LogP contribution is 2.19. The lowest BCUT2D eigenvalue weighted by Crippen LogP contribution is -2.18. The van der Waals surface area contributed by atoms with Crippen molar-refractivity contribution in [3.05, 3.63) is 53.6 Å². The molecule has 1 amide bonds. The lowest BCUT2D eigenvalue weighted by atomic mass is 10.1. The van der Waals surface area contributed by atoms with Gasteiger partial charge < -0.3 is 15.0 Å². The molecule has 0 atom stereocenters. The summed E-state index contributed by atoms with van der Waals surface area (Å²) >= 11 is 0. The first-order chi connectivity index (χ1) is 9.00. The van der Waals surface area contributed by atoms with E-state index in [1.54, 1.807) is 29.9 Å². The van der Waals surface area contributed by atoms with Crippen LogP contribution in [0.1, 0.15) is 20.8 Å². The van der Waals surface area contributed by atoms with E-state index < -0.39 is 23.3 Å². The molecular formula is C13H11FN2O3. The Labute approximate surface area is 108 Å². The molecule has 0 bridgehead atoms. The summed E-state index contributed by atoms with van der Waals surface area (Å²) < 4.78 is 15.0. The molecule has 0 aliphatic carbocycles. The van der Waals surface area contributed by atoms with Gasteiger partial charge in [-0.3, -0.25) is 4.79 Å². The average Bonchev–Trinajstić information content (AvgIpc) is 2.75. The fourth-order valence-electron chi connectivity index (χ4n) is 1.73. The zero-order chi connectivity index (χ0) is 14.0. The molecule has 0 radical (unpaired) electrons. The average molecular weight is 262 g/mol. The van der Waals surface area contributed by atoms with Crippen molar-refractivity contribution in [3.8, 4) is 0 Å². The second kappa shape index (κ2) is 4.93. The molecule has 1 aromatic carbocycles. The lowest BCUT2D eigenvalue weighted by molar-refractivity contribution is 0.0693. The summed E-state index contributed by atoms with van der Waals surface area (Å²) in [7, 11) is 1.68. The molecule has 0 aliphatic rings. The zero-order valence-electron chi connectivity index (χ0n) is 10.1. The van der Waals surface area contributed by atoms with E-state index >= 15 is 0 Å². The Balaban J connectivity index is 2.35. The maximum atomic E-state index is 13.4. The summed E-state index contributed by atoms with van der Waals surface area (Å²) in [5, 5.41) is 11.3. The smallest absolute Gasteiger partial charge is 0.340 e. The van der Waals surface area contributed by atoms with Gasteiger partial charge in [-0.25, -0.2) is 9.18 Å². The summed E-state index contributed by atoms with van der Waals surface area (Å²) in [5.74, 6) is -2.82. The normalized spacial score (nSPS) is 10.2. The van der Waals surface area contributed by atoms with Gasteiger partial charge in [0.25, 0.3) is 5.91 Å². The van der Waals surface area contributed by atoms with E-state index in [0.717, 1.165) is 6.07 Å². The van der Waals surface area contributed by atoms with Crippen LogP contribution < -0.4 is 5.32 Å². The van der Waals surface area contributed by atoms with E-state index in [1.165, 1.54) is 12.1 Å². The quantitative estimate of drug-likeness (QED) is 0.889. The third-order valence-electron chi connectivity index (χ3n) is 2.65. The second-order valence-corrected chi connectivity index (χ2v) is 3.93. The van der Waals surface area contributed by atoms with Crippen molar-refractivity contribution in [1.29, 1.82) is 0 Å². The van der Waals surface area contributed by atoms with Crippen LogP contribution in [0, 0.1) is 5.82 Å². The minimum absolute atomic E-state index is 0.0706. The fraction of sp³-hybridized carbons (Fsp3) is 0.0769. The van der Waals surface area contributed by atoms with Crippen molar-refractivity contribution < 1.29 is 19.1 Å². The van der Waals surface area contributed by atoms with Gasteiger partial charge in [-0.1, -0.05) is 6.07 Å². The SMILES string of the molecule is Cn1cccc1C(=O)Nc1cccc(F)c1C(=O)O. The second-order valence-electron chi connectivity index (χ2n) is 3.93. The highest BCUT2D eigenvalue weighted by atomic mass is 19.1. The van der Waals surface area contributed by atoms with Gasteiger partial charge in [-0.05, 0) is 24.3 Å². The van der Waals surface area contributed by atoms with E-state index in [0.29, 0.717) is 5.69 Å². The highest BCUT2D eigenvalue weighted by molar-refractivity contribution is 6.07. The van der Waals surface area contributed by atoms with Crippen LogP contribution >= 0.6 is 0 Å². The summed E-state index contributed by atoms with van der Waals surface area (Å²) in [4.78, 5) is 22.9. The highest BCUT2D eigenvalue weighted by Gasteiger charge is 2.18. The molecule has 0 spiro atoms. The van der Waals surface area contributed by atoms with Gasteiger partial charge in [0.2, 0.25) is 0 Å². The van der Waals surface area contributed by atoms with Crippen molar-refractivity contribution in [2.24, 2.45) is 7.05 Å². The van der Waals surface area contributed by atoms with Gasteiger partial charge in [0.05, 0.1) is 5.69 Å². The van der Waals surface area contributed by atoms with Crippen LogP contribution in [-0.2, 0) is 7.05 Å². The molecule has 0 fully saturated rings. The predicted octanol–water partition coefficient (Wildman–Crippen LogP) is 2.11. The molecule has 98 valence electrons. The van der Waals surface area contributed by atoms with Gasteiger partial charge >= 0.3 is 5.97 Å².